The van der Waals surface area contributed by atoms with Gasteiger partial charge in [-0.2, -0.15) is 5.26 Å². The Bertz CT molecular complexity index is 599. The zero-order valence-corrected chi connectivity index (χ0v) is 14.0. The molecule has 4 nitrogen and oxygen atoms in total. The van der Waals surface area contributed by atoms with Crippen molar-refractivity contribution in [1.29, 1.82) is 5.26 Å². The Hall–Kier alpha value is -0.683. The second kappa shape index (κ2) is 4.77. The van der Waals surface area contributed by atoms with Gasteiger partial charge in [0.2, 0.25) is 0 Å². The molecule has 1 atom stereocenters. The standard InChI is InChI=1S/C11H19N3OS2Si/c1-11(2,3)18(4,5)14-17(13,15)10-8-16-7-9(10)6-12/h7-8H,1-5H3,(H2,13,14,15). The Labute approximate surface area is 114 Å². The first-order chi connectivity index (χ1) is 8.01. The molecule has 0 bridgehead atoms. The van der Waals surface area contributed by atoms with E-state index in [4.69, 9.17) is 10.4 Å². The van der Waals surface area contributed by atoms with Crippen LogP contribution in [-0.2, 0) is 9.92 Å². The van der Waals surface area contributed by atoms with E-state index in [1.807, 2.05) is 19.2 Å². The minimum Gasteiger partial charge on any atom is -0.261 e. The summed E-state index contributed by atoms with van der Waals surface area (Å²) < 4.78 is 17.1. The van der Waals surface area contributed by atoms with Crippen LogP contribution in [-0.4, -0.2) is 12.4 Å². The topological polar surface area (TPSA) is 79.2 Å². The van der Waals surface area contributed by atoms with Crippen LogP contribution >= 0.6 is 11.3 Å². The average molecular weight is 302 g/mol. The van der Waals surface area contributed by atoms with Crippen LogP contribution < -0.4 is 5.14 Å². The van der Waals surface area contributed by atoms with Crippen LogP contribution in [0.4, 0.5) is 0 Å². The minimum absolute atomic E-state index is 0.0299. The van der Waals surface area contributed by atoms with Crippen molar-refractivity contribution in [2.75, 3.05) is 0 Å². The van der Waals surface area contributed by atoms with Crippen molar-refractivity contribution in [2.45, 2.75) is 43.8 Å². The molecular weight excluding hydrogens is 282 g/mol. The number of thiophene rings is 1. The Morgan fingerprint density at radius 1 is 1.44 bits per heavy atom. The van der Waals surface area contributed by atoms with Crippen molar-refractivity contribution in [3.8, 4) is 6.07 Å². The van der Waals surface area contributed by atoms with Crippen molar-refractivity contribution in [1.82, 2.24) is 0 Å². The van der Waals surface area contributed by atoms with Crippen LogP contribution in [0.5, 0.6) is 0 Å². The highest BCUT2D eigenvalue weighted by atomic mass is 32.2. The summed E-state index contributed by atoms with van der Waals surface area (Å²) in [6.45, 7) is 10.3. The molecular formula is C11H19N3OS2Si. The molecule has 0 amide bonds. The van der Waals surface area contributed by atoms with Gasteiger partial charge in [-0.3, -0.25) is 4.03 Å². The molecule has 0 aliphatic rings. The van der Waals surface area contributed by atoms with E-state index in [1.54, 1.807) is 10.8 Å². The number of nitrogens with two attached hydrogens (primary N) is 1. The predicted molar refractivity (Wildman–Crippen MR) is 79.3 cm³/mol. The molecule has 18 heavy (non-hydrogen) atoms. The van der Waals surface area contributed by atoms with Crippen molar-refractivity contribution in [3.05, 3.63) is 16.3 Å². The molecule has 0 aliphatic heterocycles. The third kappa shape index (κ3) is 3.01. The Morgan fingerprint density at radius 3 is 2.44 bits per heavy atom. The van der Waals surface area contributed by atoms with Crippen LogP contribution in [0.15, 0.2) is 19.7 Å². The smallest absolute Gasteiger partial charge is 0.195 e. The highest BCUT2D eigenvalue weighted by Crippen LogP contribution is 2.38. The molecule has 7 heteroatoms. The van der Waals surface area contributed by atoms with Crippen molar-refractivity contribution in [2.24, 2.45) is 9.17 Å². The van der Waals surface area contributed by atoms with Gasteiger partial charge in [-0.15, -0.1) is 11.3 Å². The molecule has 1 unspecified atom stereocenters. The lowest BCUT2D eigenvalue weighted by molar-refractivity contribution is 0.676. The third-order valence-electron chi connectivity index (χ3n) is 3.26. The summed E-state index contributed by atoms with van der Waals surface area (Å²) in [6, 6.07) is 2.01. The monoisotopic (exact) mass is 301 g/mol. The van der Waals surface area contributed by atoms with E-state index >= 15 is 0 Å². The van der Waals surface area contributed by atoms with Crippen LogP contribution in [0.1, 0.15) is 26.3 Å². The lowest BCUT2D eigenvalue weighted by Gasteiger charge is -2.32. The summed E-state index contributed by atoms with van der Waals surface area (Å²) in [5.41, 5.74) is 0.370. The fourth-order valence-electron chi connectivity index (χ4n) is 1.12. The maximum Gasteiger partial charge on any atom is 0.195 e. The van der Waals surface area contributed by atoms with Gasteiger partial charge in [-0.05, 0) is 18.1 Å². The van der Waals surface area contributed by atoms with E-state index in [1.165, 1.54) is 11.3 Å². The van der Waals surface area contributed by atoms with Gasteiger partial charge in [0.1, 0.15) is 16.0 Å². The summed E-state index contributed by atoms with van der Waals surface area (Å²) in [5.74, 6) is 0. The Morgan fingerprint density at radius 2 is 2.00 bits per heavy atom. The van der Waals surface area contributed by atoms with E-state index in [0.29, 0.717) is 10.5 Å². The van der Waals surface area contributed by atoms with Gasteiger partial charge in [0.25, 0.3) is 0 Å². The number of nitriles is 1. The van der Waals surface area contributed by atoms with E-state index in [0.717, 1.165) is 0 Å². The predicted octanol–water partition coefficient (Wildman–Crippen LogP) is 3.33. The Balaban J connectivity index is 3.41. The molecule has 0 radical (unpaired) electrons. The first kappa shape index (κ1) is 15.4. The van der Waals surface area contributed by atoms with Crippen LogP contribution in [0.3, 0.4) is 0 Å². The molecule has 1 aromatic rings. The van der Waals surface area contributed by atoms with E-state index in [9.17, 15) is 4.21 Å². The van der Waals surface area contributed by atoms with E-state index in [-0.39, 0.29) is 5.04 Å². The molecule has 1 aromatic heterocycles. The summed E-state index contributed by atoms with van der Waals surface area (Å²) in [7, 11) is -5.09. The molecule has 0 spiro atoms. The van der Waals surface area contributed by atoms with Crippen molar-refractivity contribution >= 4 is 29.5 Å². The second-order valence-electron chi connectivity index (χ2n) is 5.73. The summed E-state index contributed by atoms with van der Waals surface area (Å²) in [6.07, 6.45) is 0. The maximum absolute atomic E-state index is 12.6. The molecule has 0 aliphatic carbocycles. The lowest BCUT2D eigenvalue weighted by Crippen LogP contribution is -2.37. The fourth-order valence-corrected chi connectivity index (χ4v) is 7.17. The van der Waals surface area contributed by atoms with Gasteiger partial charge in [0, 0.05) is 10.8 Å². The van der Waals surface area contributed by atoms with Gasteiger partial charge in [0.15, 0.2) is 8.24 Å². The lowest BCUT2D eigenvalue weighted by atomic mass is 10.2. The minimum atomic E-state index is -2.98. The van der Waals surface area contributed by atoms with Crippen molar-refractivity contribution in [3.63, 3.8) is 0 Å². The molecule has 0 aromatic carbocycles. The molecule has 1 heterocycles. The highest BCUT2D eigenvalue weighted by molar-refractivity contribution is 7.92. The molecule has 0 saturated carbocycles. The van der Waals surface area contributed by atoms with Gasteiger partial charge < -0.3 is 0 Å². The maximum atomic E-state index is 12.6. The summed E-state index contributed by atoms with van der Waals surface area (Å²) >= 11 is 1.32. The van der Waals surface area contributed by atoms with Gasteiger partial charge >= 0.3 is 0 Å². The van der Waals surface area contributed by atoms with Crippen LogP contribution in [0.25, 0.3) is 0 Å². The van der Waals surface area contributed by atoms with Gasteiger partial charge in [-0.25, -0.2) is 9.35 Å². The second-order valence-corrected chi connectivity index (χ2v) is 13.4. The molecule has 100 valence electrons. The molecule has 0 saturated heterocycles. The van der Waals surface area contributed by atoms with Gasteiger partial charge in [-0.1, -0.05) is 20.8 Å². The SMILES string of the molecule is CC(C)(C)[Si](C)(C)N=S(N)(=O)c1cscc1C#N. The molecule has 1 rings (SSSR count). The fraction of sp³-hybridized carbons (Fsp3) is 0.545. The molecule has 0 fully saturated rings. The van der Waals surface area contributed by atoms with E-state index in [2.05, 4.69) is 24.8 Å². The third-order valence-corrected chi connectivity index (χ3v) is 11.7. The van der Waals surface area contributed by atoms with Gasteiger partial charge in [0.05, 0.1) is 10.5 Å². The van der Waals surface area contributed by atoms with E-state index < -0.39 is 18.2 Å². The number of hydrogen-bond donors (Lipinski definition) is 1. The summed E-state index contributed by atoms with van der Waals surface area (Å²) in [5, 5.41) is 18.2. The Kier molecular flexibility index (Phi) is 4.08. The number of rotatable bonds is 2. The number of hydrogen-bond acceptors (Lipinski definition) is 4. The first-order valence-electron chi connectivity index (χ1n) is 5.54. The largest absolute Gasteiger partial charge is 0.261 e. The summed E-state index contributed by atoms with van der Waals surface area (Å²) in [4.78, 5) is 0.375. The number of nitrogens with zero attached hydrogens (tertiary/aromatic N) is 2. The van der Waals surface area contributed by atoms with Crippen LogP contribution in [0, 0.1) is 11.3 Å². The average Bonchev–Trinajstić information content (AvgIpc) is 2.62. The van der Waals surface area contributed by atoms with Crippen LogP contribution in [0.2, 0.25) is 18.1 Å². The zero-order valence-electron chi connectivity index (χ0n) is 11.4. The molecule has 2 N–H and O–H groups in total. The normalized spacial score (nSPS) is 15.8. The zero-order chi connectivity index (χ0) is 14.2. The highest BCUT2D eigenvalue weighted by Gasteiger charge is 2.37. The first-order valence-corrected chi connectivity index (χ1v) is 11.0. The quantitative estimate of drug-likeness (QED) is 0.850. The van der Waals surface area contributed by atoms with Crippen molar-refractivity contribution < 1.29 is 4.21 Å².